The van der Waals surface area contributed by atoms with Gasteiger partial charge < -0.3 is 4.74 Å². The number of allylic oxidation sites excluding steroid dienone is 3. The molecular weight excluding hydrogens is 188 g/mol. The summed E-state index contributed by atoms with van der Waals surface area (Å²) in [6.45, 7) is 13.6. The zero-order chi connectivity index (χ0) is 11.8. The molecule has 0 rings (SSSR count). The van der Waals surface area contributed by atoms with Gasteiger partial charge in [-0.3, -0.25) is 4.79 Å². The predicted molar refractivity (Wildman–Crippen MR) is 63.5 cm³/mol. The van der Waals surface area contributed by atoms with Gasteiger partial charge in [-0.1, -0.05) is 31.2 Å². The molecule has 1 atom stereocenters. The Morgan fingerprint density at radius 3 is 2.47 bits per heavy atom. The maximum absolute atomic E-state index is 10.9. The van der Waals surface area contributed by atoms with Crippen LogP contribution in [0.15, 0.2) is 36.5 Å². The monoisotopic (exact) mass is 208 g/mol. The minimum absolute atomic E-state index is 0.158. The van der Waals surface area contributed by atoms with Crippen molar-refractivity contribution in [2.45, 2.75) is 27.2 Å². The Labute approximate surface area is 92.3 Å². The fourth-order valence-corrected chi connectivity index (χ4v) is 1.06. The van der Waals surface area contributed by atoms with Crippen molar-refractivity contribution in [2.75, 3.05) is 6.61 Å². The summed E-state index contributed by atoms with van der Waals surface area (Å²) in [5, 5.41) is 0. The Balaban J connectivity index is 4.23. The SMILES string of the molecule is C=CC(/C=C(/C)COC(=O)CC)C(=C)C. The molecule has 0 aliphatic rings. The molecule has 2 heteroatoms. The Morgan fingerprint density at radius 2 is 2.07 bits per heavy atom. The second-order valence-electron chi connectivity index (χ2n) is 3.64. The van der Waals surface area contributed by atoms with Crippen LogP contribution in [-0.4, -0.2) is 12.6 Å². The average molecular weight is 208 g/mol. The van der Waals surface area contributed by atoms with Gasteiger partial charge >= 0.3 is 5.97 Å². The van der Waals surface area contributed by atoms with Crippen LogP contribution in [0.2, 0.25) is 0 Å². The normalized spacial score (nSPS) is 13.1. The Hall–Kier alpha value is -1.31. The quantitative estimate of drug-likeness (QED) is 0.494. The van der Waals surface area contributed by atoms with Crippen LogP contribution >= 0.6 is 0 Å². The van der Waals surface area contributed by atoms with Crippen molar-refractivity contribution < 1.29 is 9.53 Å². The maximum Gasteiger partial charge on any atom is 0.305 e. The van der Waals surface area contributed by atoms with Gasteiger partial charge in [0.15, 0.2) is 0 Å². The first-order valence-electron chi connectivity index (χ1n) is 5.12. The smallest absolute Gasteiger partial charge is 0.305 e. The zero-order valence-electron chi connectivity index (χ0n) is 9.88. The summed E-state index contributed by atoms with van der Waals surface area (Å²) in [5.41, 5.74) is 2.05. The number of rotatable bonds is 6. The number of carbonyl (C=O) groups excluding carboxylic acids is 1. The summed E-state index contributed by atoms with van der Waals surface area (Å²) in [7, 11) is 0. The average Bonchev–Trinajstić information content (AvgIpc) is 2.21. The van der Waals surface area contributed by atoms with Gasteiger partial charge in [-0.2, -0.15) is 0 Å². The lowest BCUT2D eigenvalue weighted by Crippen LogP contribution is -2.05. The third-order valence-corrected chi connectivity index (χ3v) is 2.04. The summed E-state index contributed by atoms with van der Waals surface area (Å²) < 4.78 is 5.01. The van der Waals surface area contributed by atoms with Gasteiger partial charge in [0, 0.05) is 12.3 Å². The number of hydrogen-bond donors (Lipinski definition) is 0. The third-order valence-electron chi connectivity index (χ3n) is 2.04. The highest BCUT2D eigenvalue weighted by Crippen LogP contribution is 2.13. The molecule has 0 saturated carbocycles. The van der Waals surface area contributed by atoms with Gasteiger partial charge in [0.25, 0.3) is 0 Å². The third kappa shape index (κ3) is 5.89. The molecule has 2 nitrogen and oxygen atoms in total. The summed E-state index contributed by atoms with van der Waals surface area (Å²) in [6, 6.07) is 0. The van der Waals surface area contributed by atoms with Crippen LogP contribution in [0.1, 0.15) is 27.2 Å². The van der Waals surface area contributed by atoms with E-state index in [1.165, 1.54) is 0 Å². The molecule has 0 aromatic carbocycles. The molecule has 15 heavy (non-hydrogen) atoms. The highest BCUT2D eigenvalue weighted by Gasteiger charge is 2.03. The Bertz CT molecular complexity index is 274. The van der Waals surface area contributed by atoms with Crippen molar-refractivity contribution in [3.63, 3.8) is 0 Å². The molecule has 0 fully saturated rings. The number of ether oxygens (including phenoxy) is 1. The molecule has 0 aromatic rings. The summed E-state index contributed by atoms with van der Waals surface area (Å²) in [4.78, 5) is 10.9. The van der Waals surface area contributed by atoms with Crippen molar-refractivity contribution >= 4 is 5.97 Å². The highest BCUT2D eigenvalue weighted by molar-refractivity contribution is 5.69. The molecule has 0 aromatic heterocycles. The first kappa shape index (κ1) is 13.7. The number of hydrogen-bond acceptors (Lipinski definition) is 2. The van der Waals surface area contributed by atoms with E-state index in [9.17, 15) is 4.79 Å². The summed E-state index contributed by atoms with van der Waals surface area (Å²) >= 11 is 0. The van der Waals surface area contributed by atoms with Gasteiger partial charge in [-0.15, -0.1) is 6.58 Å². The van der Waals surface area contributed by atoms with Crippen LogP contribution in [0.4, 0.5) is 0 Å². The molecule has 0 N–H and O–H groups in total. The molecule has 84 valence electrons. The molecule has 0 bridgehead atoms. The fourth-order valence-electron chi connectivity index (χ4n) is 1.06. The highest BCUT2D eigenvalue weighted by atomic mass is 16.5. The van der Waals surface area contributed by atoms with E-state index in [4.69, 9.17) is 4.74 Å². The fraction of sp³-hybridized carbons (Fsp3) is 0.462. The van der Waals surface area contributed by atoms with Gasteiger partial charge in [-0.05, 0) is 19.4 Å². The molecule has 0 heterocycles. The first-order chi connectivity index (χ1) is 7.01. The van der Waals surface area contributed by atoms with Crippen LogP contribution in [0.3, 0.4) is 0 Å². The minimum atomic E-state index is -0.173. The molecule has 0 radical (unpaired) electrons. The first-order valence-corrected chi connectivity index (χ1v) is 5.12. The lowest BCUT2D eigenvalue weighted by molar-refractivity contribution is -0.142. The number of carbonyl (C=O) groups is 1. The van der Waals surface area contributed by atoms with Crippen LogP contribution in [0.25, 0.3) is 0 Å². The van der Waals surface area contributed by atoms with Gasteiger partial charge in [0.05, 0.1) is 0 Å². The largest absolute Gasteiger partial charge is 0.461 e. The van der Waals surface area contributed by atoms with Crippen molar-refractivity contribution in [1.29, 1.82) is 0 Å². The molecule has 0 amide bonds. The molecular formula is C13H20O2. The predicted octanol–water partition coefficient (Wildman–Crippen LogP) is 3.26. The summed E-state index contributed by atoms with van der Waals surface area (Å²) in [6.07, 6.45) is 4.25. The second kappa shape index (κ2) is 7.04. The molecule has 0 spiro atoms. The van der Waals surface area contributed by atoms with Gasteiger partial charge in [-0.25, -0.2) is 0 Å². The minimum Gasteiger partial charge on any atom is -0.461 e. The van der Waals surface area contributed by atoms with E-state index >= 15 is 0 Å². The molecule has 1 unspecified atom stereocenters. The molecule has 0 aliphatic heterocycles. The summed E-state index contributed by atoms with van der Waals surface area (Å²) in [5.74, 6) is -0.0152. The lowest BCUT2D eigenvalue weighted by atomic mass is 10.00. The lowest BCUT2D eigenvalue weighted by Gasteiger charge is -2.09. The topological polar surface area (TPSA) is 26.3 Å². The standard InChI is InChI=1S/C13H20O2/c1-6-12(10(3)4)8-11(5)9-15-13(14)7-2/h6,8,12H,1,3,7,9H2,2,4-5H3/b11-8-. The Morgan fingerprint density at radius 1 is 1.47 bits per heavy atom. The maximum atomic E-state index is 10.9. The van der Waals surface area contributed by atoms with Gasteiger partial charge in [0.1, 0.15) is 6.61 Å². The van der Waals surface area contributed by atoms with E-state index in [0.29, 0.717) is 13.0 Å². The van der Waals surface area contributed by atoms with E-state index in [1.807, 2.05) is 26.0 Å². The van der Waals surface area contributed by atoms with E-state index < -0.39 is 0 Å². The van der Waals surface area contributed by atoms with Crippen molar-refractivity contribution in [1.82, 2.24) is 0 Å². The van der Waals surface area contributed by atoms with Crippen LogP contribution in [0, 0.1) is 5.92 Å². The van der Waals surface area contributed by atoms with Gasteiger partial charge in [0.2, 0.25) is 0 Å². The van der Waals surface area contributed by atoms with E-state index in [0.717, 1.165) is 11.1 Å². The van der Waals surface area contributed by atoms with Crippen LogP contribution in [0.5, 0.6) is 0 Å². The van der Waals surface area contributed by atoms with Crippen LogP contribution < -0.4 is 0 Å². The zero-order valence-corrected chi connectivity index (χ0v) is 9.88. The number of esters is 1. The second-order valence-corrected chi connectivity index (χ2v) is 3.64. The van der Waals surface area contributed by atoms with E-state index in [2.05, 4.69) is 13.2 Å². The van der Waals surface area contributed by atoms with E-state index in [-0.39, 0.29) is 11.9 Å². The van der Waals surface area contributed by atoms with Crippen molar-refractivity contribution in [3.05, 3.63) is 36.5 Å². The van der Waals surface area contributed by atoms with E-state index in [1.54, 1.807) is 6.92 Å². The van der Waals surface area contributed by atoms with Crippen LogP contribution in [-0.2, 0) is 9.53 Å². The molecule has 0 aliphatic carbocycles. The molecule has 0 saturated heterocycles. The van der Waals surface area contributed by atoms with Crippen molar-refractivity contribution in [2.24, 2.45) is 5.92 Å². The Kier molecular flexibility index (Phi) is 6.43. The van der Waals surface area contributed by atoms with Crippen molar-refractivity contribution in [3.8, 4) is 0 Å².